The molecule has 2 N–H and O–H groups in total. The minimum atomic E-state index is 0.235. The van der Waals surface area contributed by atoms with Gasteiger partial charge < -0.3 is 19.7 Å². The van der Waals surface area contributed by atoms with Crippen molar-refractivity contribution in [1.82, 2.24) is 5.16 Å². The third kappa shape index (κ3) is 1.64. The van der Waals surface area contributed by atoms with Crippen LogP contribution in [0, 0.1) is 0 Å². The molecule has 1 aromatic heterocycles. The third-order valence-corrected chi connectivity index (χ3v) is 3.69. The topological polar surface area (TPSA) is 70.5 Å². The van der Waals surface area contributed by atoms with Gasteiger partial charge in [0.1, 0.15) is 0 Å². The molecule has 3 rings (SSSR count). The molecule has 0 saturated heterocycles. The van der Waals surface area contributed by atoms with E-state index in [1.165, 1.54) is 0 Å². The lowest BCUT2D eigenvalue weighted by Crippen LogP contribution is -1.93. The fourth-order valence-corrected chi connectivity index (χ4v) is 2.83. The molecule has 2 heterocycles. The maximum absolute atomic E-state index is 5.59. The number of rotatable bonds is 2. The summed E-state index contributed by atoms with van der Waals surface area (Å²) in [4.78, 5) is 0. The largest absolute Gasteiger partial charge is 0.454 e. The zero-order valence-electron chi connectivity index (χ0n) is 9.70. The molecule has 94 valence electrons. The molecule has 0 spiro atoms. The Morgan fingerprint density at radius 1 is 1.39 bits per heavy atom. The van der Waals surface area contributed by atoms with E-state index < -0.39 is 0 Å². The predicted octanol–water partition coefficient (Wildman–Crippen LogP) is 2.98. The van der Waals surface area contributed by atoms with Crippen molar-refractivity contribution >= 4 is 21.7 Å². The summed E-state index contributed by atoms with van der Waals surface area (Å²) in [7, 11) is 0. The van der Waals surface area contributed by atoms with Crippen molar-refractivity contribution in [2.24, 2.45) is 0 Å². The Bertz CT molecular complexity index is 610. The van der Waals surface area contributed by atoms with E-state index in [1.54, 1.807) is 6.07 Å². The van der Waals surface area contributed by atoms with Gasteiger partial charge in [0.2, 0.25) is 6.79 Å². The SMILES string of the molecule is CCc1c(-c2cc(N)no2)cc2c(c1Br)OCO2. The number of nitrogens with two attached hydrogens (primary N) is 1. The van der Waals surface area contributed by atoms with Crippen molar-refractivity contribution in [3.8, 4) is 22.8 Å². The van der Waals surface area contributed by atoms with Crippen LogP contribution < -0.4 is 15.2 Å². The number of nitrogens with zero attached hydrogens (tertiary/aromatic N) is 1. The molecular weight excluding hydrogens is 300 g/mol. The summed E-state index contributed by atoms with van der Waals surface area (Å²) >= 11 is 3.55. The highest BCUT2D eigenvalue weighted by Gasteiger charge is 2.24. The highest BCUT2D eigenvalue weighted by molar-refractivity contribution is 9.10. The average Bonchev–Trinajstić information content (AvgIpc) is 2.97. The Morgan fingerprint density at radius 2 is 2.22 bits per heavy atom. The number of halogens is 1. The molecule has 0 bridgehead atoms. The summed E-state index contributed by atoms with van der Waals surface area (Å²) in [6, 6.07) is 3.59. The van der Waals surface area contributed by atoms with Gasteiger partial charge in [-0.05, 0) is 34.0 Å². The van der Waals surface area contributed by atoms with Crippen LogP contribution >= 0.6 is 15.9 Å². The molecule has 5 nitrogen and oxygen atoms in total. The van der Waals surface area contributed by atoms with Gasteiger partial charge in [-0.1, -0.05) is 12.1 Å². The quantitative estimate of drug-likeness (QED) is 0.923. The molecule has 0 fully saturated rings. The van der Waals surface area contributed by atoms with Crippen LogP contribution in [0.15, 0.2) is 21.1 Å². The van der Waals surface area contributed by atoms with Gasteiger partial charge in [0, 0.05) is 11.6 Å². The first-order chi connectivity index (χ1) is 8.70. The molecule has 0 saturated carbocycles. The average molecular weight is 311 g/mol. The minimum Gasteiger partial charge on any atom is -0.454 e. The fourth-order valence-electron chi connectivity index (χ4n) is 2.02. The molecule has 0 radical (unpaired) electrons. The minimum absolute atomic E-state index is 0.235. The van der Waals surface area contributed by atoms with E-state index in [4.69, 9.17) is 19.7 Å². The number of anilines is 1. The zero-order chi connectivity index (χ0) is 12.7. The van der Waals surface area contributed by atoms with Crippen LogP contribution in [-0.4, -0.2) is 11.9 Å². The molecule has 0 aliphatic carbocycles. The second-order valence-electron chi connectivity index (χ2n) is 3.92. The maximum atomic E-state index is 5.59. The standard InChI is InChI=1S/C12H11BrN2O3/c1-2-6-7(8-4-10(14)15-18-8)3-9-12(11(6)13)17-5-16-9/h3-4H,2,5H2,1H3,(H2,14,15). The molecule has 0 unspecified atom stereocenters. The lowest BCUT2D eigenvalue weighted by molar-refractivity contribution is 0.173. The van der Waals surface area contributed by atoms with Crippen LogP contribution in [0.1, 0.15) is 12.5 Å². The van der Waals surface area contributed by atoms with Gasteiger partial charge in [0.05, 0.1) is 4.47 Å². The number of ether oxygens (including phenoxy) is 2. The number of nitrogen functional groups attached to an aromatic ring is 1. The molecule has 0 amide bonds. The van der Waals surface area contributed by atoms with E-state index in [-0.39, 0.29) is 6.79 Å². The van der Waals surface area contributed by atoms with Crippen molar-refractivity contribution in [2.45, 2.75) is 13.3 Å². The van der Waals surface area contributed by atoms with Crippen LogP contribution in [0.5, 0.6) is 11.5 Å². The van der Waals surface area contributed by atoms with Crippen LogP contribution in [0.2, 0.25) is 0 Å². The van der Waals surface area contributed by atoms with Crippen molar-refractivity contribution in [2.75, 3.05) is 12.5 Å². The van der Waals surface area contributed by atoms with Crippen molar-refractivity contribution in [3.05, 3.63) is 22.2 Å². The number of fused-ring (bicyclic) bond motifs is 1. The normalized spacial score (nSPS) is 13.0. The van der Waals surface area contributed by atoms with Gasteiger partial charge in [-0.15, -0.1) is 0 Å². The second kappa shape index (κ2) is 4.20. The van der Waals surface area contributed by atoms with Crippen molar-refractivity contribution in [1.29, 1.82) is 0 Å². The number of benzene rings is 1. The summed E-state index contributed by atoms with van der Waals surface area (Å²) < 4.78 is 16.9. The first kappa shape index (κ1) is 11.4. The van der Waals surface area contributed by atoms with E-state index in [2.05, 4.69) is 28.0 Å². The molecule has 1 aromatic carbocycles. The van der Waals surface area contributed by atoms with Crippen molar-refractivity contribution in [3.63, 3.8) is 0 Å². The Kier molecular flexibility index (Phi) is 2.66. The van der Waals surface area contributed by atoms with Crippen LogP contribution in [0.4, 0.5) is 5.82 Å². The number of hydrogen-bond donors (Lipinski definition) is 1. The highest BCUT2D eigenvalue weighted by Crippen LogP contribution is 2.46. The van der Waals surface area contributed by atoms with Gasteiger partial charge in [0.15, 0.2) is 23.1 Å². The van der Waals surface area contributed by atoms with Crippen LogP contribution in [0.3, 0.4) is 0 Å². The van der Waals surface area contributed by atoms with Gasteiger partial charge in [-0.3, -0.25) is 0 Å². The van der Waals surface area contributed by atoms with E-state index in [9.17, 15) is 0 Å². The van der Waals surface area contributed by atoms with E-state index in [0.29, 0.717) is 17.3 Å². The first-order valence-corrected chi connectivity index (χ1v) is 6.33. The van der Waals surface area contributed by atoms with Crippen LogP contribution in [-0.2, 0) is 6.42 Å². The smallest absolute Gasteiger partial charge is 0.231 e. The molecule has 2 aromatic rings. The van der Waals surface area contributed by atoms with Gasteiger partial charge in [0.25, 0.3) is 0 Å². The molecule has 0 atom stereocenters. The summed E-state index contributed by atoms with van der Waals surface area (Å²) in [5.74, 6) is 2.43. The summed E-state index contributed by atoms with van der Waals surface area (Å²) in [5.41, 5.74) is 7.58. The van der Waals surface area contributed by atoms with Gasteiger partial charge in [-0.2, -0.15) is 0 Å². The Balaban J connectivity index is 2.23. The third-order valence-electron chi connectivity index (χ3n) is 2.85. The Morgan fingerprint density at radius 3 is 2.89 bits per heavy atom. The van der Waals surface area contributed by atoms with Gasteiger partial charge >= 0.3 is 0 Å². The number of hydrogen-bond acceptors (Lipinski definition) is 5. The summed E-state index contributed by atoms with van der Waals surface area (Å²) in [6.45, 7) is 2.30. The van der Waals surface area contributed by atoms with Crippen LogP contribution in [0.25, 0.3) is 11.3 Å². The zero-order valence-corrected chi connectivity index (χ0v) is 11.3. The maximum Gasteiger partial charge on any atom is 0.231 e. The fraction of sp³-hybridized carbons (Fsp3) is 0.250. The highest BCUT2D eigenvalue weighted by atomic mass is 79.9. The molecular formula is C12H11BrN2O3. The molecule has 18 heavy (non-hydrogen) atoms. The Labute approximate surface area is 112 Å². The van der Waals surface area contributed by atoms with Gasteiger partial charge in [-0.25, -0.2) is 0 Å². The molecule has 1 aliphatic heterocycles. The monoisotopic (exact) mass is 310 g/mol. The van der Waals surface area contributed by atoms with E-state index in [1.807, 2.05) is 6.07 Å². The number of aromatic nitrogens is 1. The summed E-state index contributed by atoms with van der Waals surface area (Å²) in [5, 5.41) is 3.71. The Hall–Kier alpha value is -1.69. The first-order valence-electron chi connectivity index (χ1n) is 5.54. The molecule has 6 heteroatoms. The second-order valence-corrected chi connectivity index (χ2v) is 4.71. The summed E-state index contributed by atoms with van der Waals surface area (Å²) in [6.07, 6.45) is 0.827. The van der Waals surface area contributed by atoms with E-state index >= 15 is 0 Å². The lowest BCUT2D eigenvalue weighted by Gasteiger charge is -2.10. The molecule has 1 aliphatic rings. The van der Waals surface area contributed by atoms with Crippen molar-refractivity contribution < 1.29 is 14.0 Å². The predicted molar refractivity (Wildman–Crippen MR) is 69.6 cm³/mol. The lowest BCUT2D eigenvalue weighted by atomic mass is 10.0. The van der Waals surface area contributed by atoms with E-state index in [0.717, 1.165) is 27.8 Å².